The maximum atomic E-state index is 12.0. The van der Waals surface area contributed by atoms with Gasteiger partial charge in [0.2, 0.25) is 11.9 Å². The summed E-state index contributed by atoms with van der Waals surface area (Å²) in [5.41, 5.74) is 0.968. The number of amides is 1. The van der Waals surface area contributed by atoms with Crippen LogP contribution in [0.25, 0.3) is 0 Å². The molecule has 0 fully saturated rings. The Bertz CT molecular complexity index is 935. The summed E-state index contributed by atoms with van der Waals surface area (Å²) < 4.78 is 2.97. The van der Waals surface area contributed by atoms with Crippen molar-refractivity contribution in [1.29, 1.82) is 0 Å². The zero-order chi connectivity index (χ0) is 18.5. The van der Waals surface area contributed by atoms with Crippen molar-refractivity contribution in [3.63, 3.8) is 0 Å². The van der Waals surface area contributed by atoms with Crippen molar-refractivity contribution in [3.05, 3.63) is 59.1 Å². The predicted octanol–water partition coefficient (Wildman–Crippen LogP) is 1.90. The van der Waals surface area contributed by atoms with E-state index in [-0.39, 0.29) is 30.4 Å². The lowest BCUT2D eigenvalue weighted by atomic mass is 10.2. The molecule has 1 amide bonds. The maximum Gasteiger partial charge on any atom is 0.338 e. The molecule has 0 aliphatic heterocycles. The number of benzene rings is 1. The van der Waals surface area contributed by atoms with Crippen LogP contribution in [0.2, 0.25) is 5.02 Å². The second-order valence-corrected chi connectivity index (χ2v) is 5.86. The van der Waals surface area contributed by atoms with Crippen LogP contribution in [0, 0.1) is 0 Å². The minimum Gasteiger partial charge on any atom is -0.478 e. The minimum atomic E-state index is -1.06. The summed E-state index contributed by atoms with van der Waals surface area (Å²) in [6, 6.07) is 7.41. The Balaban J connectivity index is 1.52. The summed E-state index contributed by atoms with van der Waals surface area (Å²) in [4.78, 5) is 26.8. The van der Waals surface area contributed by atoms with Crippen LogP contribution in [-0.4, -0.2) is 41.5 Å². The fourth-order valence-corrected chi connectivity index (χ4v) is 2.42. The van der Waals surface area contributed by atoms with E-state index >= 15 is 0 Å². The fourth-order valence-electron chi connectivity index (χ4n) is 2.23. The number of anilines is 1. The minimum absolute atomic E-state index is 0.0744. The molecule has 3 aromatic rings. The third-order valence-corrected chi connectivity index (χ3v) is 3.89. The Labute approximate surface area is 153 Å². The number of carbonyl (C=O) groups excluding carboxylic acids is 1. The number of nitrogens with zero attached hydrogens (tertiary/aromatic N) is 5. The molecule has 9 nitrogen and oxygen atoms in total. The van der Waals surface area contributed by atoms with Gasteiger partial charge in [-0.05, 0) is 11.6 Å². The summed E-state index contributed by atoms with van der Waals surface area (Å²) in [5.74, 6) is -1.17. The first-order valence-electron chi connectivity index (χ1n) is 7.70. The molecule has 0 spiro atoms. The molecule has 2 heterocycles. The Morgan fingerprint density at radius 2 is 2.04 bits per heavy atom. The average molecular weight is 375 g/mol. The zero-order valence-electron chi connectivity index (χ0n) is 13.5. The Kier molecular flexibility index (Phi) is 5.28. The van der Waals surface area contributed by atoms with Crippen LogP contribution >= 0.6 is 11.6 Å². The molecule has 0 bridgehead atoms. The van der Waals surface area contributed by atoms with Crippen LogP contribution in [-0.2, 0) is 17.9 Å². The van der Waals surface area contributed by atoms with Crippen LogP contribution in [0.15, 0.2) is 43.0 Å². The van der Waals surface area contributed by atoms with E-state index in [0.717, 1.165) is 5.56 Å². The predicted molar refractivity (Wildman–Crippen MR) is 93.0 cm³/mol. The van der Waals surface area contributed by atoms with Gasteiger partial charge in [-0.3, -0.25) is 14.8 Å². The molecule has 134 valence electrons. The highest BCUT2D eigenvalue weighted by Crippen LogP contribution is 2.16. The standard InChI is InChI=1S/C16H15ClN6O3/c17-13-4-2-1-3-11(13)8-23-10-18-16(21-23)20-14(24)5-6-22-9-12(7-19-22)15(25)26/h1-4,7,9-10H,5-6,8H2,(H,25,26)(H,20,21,24). The third kappa shape index (κ3) is 4.45. The van der Waals surface area contributed by atoms with E-state index in [2.05, 4.69) is 20.5 Å². The average Bonchev–Trinajstić information content (AvgIpc) is 3.25. The van der Waals surface area contributed by atoms with E-state index in [4.69, 9.17) is 16.7 Å². The van der Waals surface area contributed by atoms with Gasteiger partial charge in [0.1, 0.15) is 6.33 Å². The lowest BCUT2D eigenvalue weighted by Gasteiger charge is -2.03. The second-order valence-electron chi connectivity index (χ2n) is 5.45. The fraction of sp³-hybridized carbons (Fsp3) is 0.188. The number of carbonyl (C=O) groups is 2. The van der Waals surface area contributed by atoms with Crippen LogP contribution in [0.3, 0.4) is 0 Å². The highest BCUT2D eigenvalue weighted by molar-refractivity contribution is 6.31. The number of carboxylic acids is 1. The normalized spacial score (nSPS) is 10.7. The molecule has 0 aliphatic carbocycles. The topological polar surface area (TPSA) is 115 Å². The van der Waals surface area contributed by atoms with Crippen molar-refractivity contribution in [1.82, 2.24) is 24.5 Å². The van der Waals surface area contributed by atoms with Gasteiger partial charge >= 0.3 is 5.97 Å². The van der Waals surface area contributed by atoms with E-state index < -0.39 is 5.97 Å². The first-order valence-corrected chi connectivity index (χ1v) is 8.07. The smallest absolute Gasteiger partial charge is 0.338 e. The summed E-state index contributed by atoms with van der Waals surface area (Å²) in [6.45, 7) is 0.688. The Morgan fingerprint density at radius 1 is 1.23 bits per heavy atom. The van der Waals surface area contributed by atoms with Crippen LogP contribution < -0.4 is 5.32 Å². The number of nitrogens with one attached hydrogen (secondary N) is 1. The van der Waals surface area contributed by atoms with Crippen molar-refractivity contribution < 1.29 is 14.7 Å². The zero-order valence-corrected chi connectivity index (χ0v) is 14.3. The number of aromatic carboxylic acids is 1. The number of carboxylic acid groups (broad SMARTS) is 1. The highest BCUT2D eigenvalue weighted by atomic mass is 35.5. The van der Waals surface area contributed by atoms with E-state index in [0.29, 0.717) is 11.6 Å². The van der Waals surface area contributed by atoms with E-state index in [1.54, 1.807) is 10.7 Å². The van der Waals surface area contributed by atoms with Crippen molar-refractivity contribution in [3.8, 4) is 0 Å². The lowest BCUT2D eigenvalue weighted by Crippen LogP contribution is -2.16. The third-order valence-electron chi connectivity index (χ3n) is 3.53. The Hall–Kier alpha value is -3.20. The van der Waals surface area contributed by atoms with E-state index in [9.17, 15) is 9.59 Å². The van der Waals surface area contributed by atoms with E-state index in [1.165, 1.54) is 23.4 Å². The van der Waals surface area contributed by atoms with Gasteiger partial charge in [0, 0.05) is 24.2 Å². The van der Waals surface area contributed by atoms with Gasteiger partial charge in [-0.2, -0.15) is 5.10 Å². The van der Waals surface area contributed by atoms with Crippen molar-refractivity contribution >= 4 is 29.4 Å². The number of hydrogen-bond donors (Lipinski definition) is 2. The number of aryl methyl sites for hydroxylation is 1. The van der Waals surface area contributed by atoms with E-state index in [1.807, 2.05) is 18.2 Å². The first kappa shape index (κ1) is 17.6. The molecule has 0 aliphatic rings. The van der Waals surface area contributed by atoms with Gasteiger partial charge in [-0.15, -0.1) is 5.10 Å². The molecule has 2 aromatic heterocycles. The molecule has 10 heteroatoms. The lowest BCUT2D eigenvalue weighted by molar-refractivity contribution is -0.116. The SMILES string of the molecule is O=C(CCn1cc(C(=O)O)cn1)Nc1ncn(Cc2ccccc2Cl)n1. The molecular weight excluding hydrogens is 360 g/mol. The van der Waals surface area contributed by atoms with Gasteiger partial charge in [-0.25, -0.2) is 14.5 Å². The summed E-state index contributed by atoms with van der Waals surface area (Å²) >= 11 is 6.11. The number of halogens is 1. The molecule has 3 rings (SSSR count). The van der Waals surface area contributed by atoms with Gasteiger partial charge in [0.25, 0.3) is 0 Å². The van der Waals surface area contributed by atoms with Crippen LogP contribution in [0.5, 0.6) is 0 Å². The quantitative estimate of drug-likeness (QED) is 0.652. The van der Waals surface area contributed by atoms with Gasteiger partial charge < -0.3 is 5.11 Å². The molecule has 0 atom stereocenters. The van der Waals surface area contributed by atoms with Crippen LogP contribution in [0.1, 0.15) is 22.3 Å². The molecule has 26 heavy (non-hydrogen) atoms. The molecule has 0 saturated heterocycles. The largest absolute Gasteiger partial charge is 0.478 e. The van der Waals surface area contributed by atoms with Crippen molar-refractivity contribution in [2.24, 2.45) is 0 Å². The Morgan fingerprint density at radius 3 is 2.77 bits per heavy atom. The van der Waals surface area contributed by atoms with Gasteiger partial charge in [0.05, 0.1) is 18.3 Å². The molecule has 0 saturated carbocycles. The van der Waals surface area contributed by atoms with Gasteiger partial charge in [-0.1, -0.05) is 29.8 Å². The number of hydrogen-bond acceptors (Lipinski definition) is 5. The molecular formula is C16H15ClN6O3. The molecule has 2 N–H and O–H groups in total. The first-order chi connectivity index (χ1) is 12.5. The van der Waals surface area contributed by atoms with Gasteiger partial charge in [0.15, 0.2) is 0 Å². The second kappa shape index (κ2) is 7.79. The molecule has 0 unspecified atom stereocenters. The highest BCUT2D eigenvalue weighted by Gasteiger charge is 2.10. The number of aromatic nitrogens is 5. The summed E-state index contributed by atoms with van der Waals surface area (Å²) in [5, 5.41) is 20.1. The monoisotopic (exact) mass is 374 g/mol. The summed E-state index contributed by atoms with van der Waals surface area (Å²) in [7, 11) is 0. The maximum absolute atomic E-state index is 12.0. The number of rotatable bonds is 7. The van der Waals surface area contributed by atoms with Crippen molar-refractivity contribution in [2.45, 2.75) is 19.5 Å². The molecule has 1 aromatic carbocycles. The molecule has 0 radical (unpaired) electrons. The summed E-state index contributed by atoms with van der Waals surface area (Å²) in [6.07, 6.45) is 4.22. The van der Waals surface area contributed by atoms with Crippen LogP contribution in [0.4, 0.5) is 5.95 Å². The van der Waals surface area contributed by atoms with Crippen molar-refractivity contribution in [2.75, 3.05) is 5.32 Å².